The molecule has 0 aliphatic heterocycles. The number of Topliss-reactive ketones (excluding diaryl/α,β-unsaturated/α-hetero) is 1. The van der Waals surface area contributed by atoms with Gasteiger partial charge < -0.3 is 5.11 Å². The number of ketones is 1. The fraction of sp³-hybridized carbons (Fsp3) is 0.700. The molecule has 3 heteroatoms. The van der Waals surface area contributed by atoms with Crippen molar-refractivity contribution in [1.82, 2.24) is 0 Å². The highest BCUT2D eigenvalue weighted by molar-refractivity contribution is 14.1. The highest BCUT2D eigenvalue weighted by atomic mass is 127. The monoisotopic (exact) mass is 294 g/mol. The molecule has 0 spiro atoms. The smallest absolute Gasteiger partial charge is 0.187 e. The zero-order valence-electron chi connectivity index (χ0n) is 8.17. The summed E-state index contributed by atoms with van der Waals surface area (Å²) in [4.78, 5) is 11.5. The maximum absolute atomic E-state index is 11.5. The Labute approximate surface area is 92.5 Å². The molecule has 2 atom stereocenters. The van der Waals surface area contributed by atoms with Crippen LogP contribution in [0.15, 0.2) is 11.1 Å². The number of carbonyl (C=O) groups is 1. The number of aliphatic hydroxyl groups is 1. The zero-order valence-corrected chi connectivity index (χ0v) is 10.3. The van der Waals surface area contributed by atoms with E-state index in [0.717, 1.165) is 15.6 Å². The molecule has 0 saturated carbocycles. The topological polar surface area (TPSA) is 37.3 Å². The van der Waals surface area contributed by atoms with Gasteiger partial charge in [-0.2, -0.15) is 0 Å². The summed E-state index contributed by atoms with van der Waals surface area (Å²) in [5, 5.41) is 9.71. The van der Waals surface area contributed by atoms with Crippen LogP contribution in [-0.2, 0) is 4.79 Å². The maximum Gasteiger partial charge on any atom is 0.187 e. The molecule has 0 aromatic rings. The molecular formula is C10H15IO2. The Bertz CT molecular complexity index is 256. The Morgan fingerprint density at radius 2 is 2.08 bits per heavy atom. The molecule has 0 radical (unpaired) electrons. The SMILES string of the molecule is CC1=C(CI)[C@H](C(C)C)[C@@H](O)C1=O. The van der Waals surface area contributed by atoms with Crippen LogP contribution in [0, 0.1) is 11.8 Å². The summed E-state index contributed by atoms with van der Waals surface area (Å²) in [7, 11) is 0. The number of hydrogen-bond donors (Lipinski definition) is 1. The lowest BCUT2D eigenvalue weighted by molar-refractivity contribution is -0.124. The normalized spacial score (nSPS) is 29.2. The number of rotatable bonds is 2. The Balaban J connectivity index is 3.03. The van der Waals surface area contributed by atoms with E-state index in [1.807, 2.05) is 20.8 Å². The van der Waals surface area contributed by atoms with Crippen LogP contribution >= 0.6 is 22.6 Å². The van der Waals surface area contributed by atoms with Crippen LogP contribution in [-0.4, -0.2) is 21.4 Å². The van der Waals surface area contributed by atoms with Crippen LogP contribution in [0.5, 0.6) is 0 Å². The first-order valence-electron chi connectivity index (χ1n) is 4.48. The molecule has 0 unspecified atom stereocenters. The van der Waals surface area contributed by atoms with E-state index in [-0.39, 0.29) is 11.7 Å². The molecule has 1 rings (SSSR count). The van der Waals surface area contributed by atoms with Crippen LogP contribution in [0.4, 0.5) is 0 Å². The summed E-state index contributed by atoms with van der Waals surface area (Å²) in [5.41, 5.74) is 1.91. The van der Waals surface area contributed by atoms with Gasteiger partial charge in [0.15, 0.2) is 5.78 Å². The molecule has 0 heterocycles. The van der Waals surface area contributed by atoms with E-state index in [9.17, 15) is 9.90 Å². The summed E-state index contributed by atoms with van der Waals surface area (Å²) < 4.78 is 0.842. The van der Waals surface area contributed by atoms with Crippen molar-refractivity contribution >= 4 is 28.4 Å². The number of carbonyl (C=O) groups excluding carboxylic acids is 1. The van der Waals surface area contributed by atoms with E-state index in [1.165, 1.54) is 0 Å². The molecule has 0 saturated heterocycles. The highest BCUT2D eigenvalue weighted by Gasteiger charge is 2.39. The second kappa shape index (κ2) is 4.09. The van der Waals surface area contributed by atoms with Crippen molar-refractivity contribution in [2.24, 2.45) is 11.8 Å². The second-order valence-corrected chi connectivity index (χ2v) is 4.63. The first kappa shape index (κ1) is 11.2. The van der Waals surface area contributed by atoms with E-state index >= 15 is 0 Å². The average Bonchev–Trinajstić information content (AvgIpc) is 2.29. The summed E-state index contributed by atoms with van der Waals surface area (Å²) in [6.45, 7) is 5.92. The van der Waals surface area contributed by atoms with Crippen LogP contribution in [0.3, 0.4) is 0 Å². The zero-order chi connectivity index (χ0) is 10.2. The molecule has 0 amide bonds. The van der Waals surface area contributed by atoms with Gasteiger partial charge in [0.1, 0.15) is 6.10 Å². The number of hydrogen-bond acceptors (Lipinski definition) is 2. The largest absolute Gasteiger partial charge is 0.384 e. The first-order chi connectivity index (χ1) is 6.00. The molecular weight excluding hydrogens is 279 g/mol. The van der Waals surface area contributed by atoms with Crippen molar-refractivity contribution in [3.8, 4) is 0 Å². The van der Waals surface area contributed by atoms with Gasteiger partial charge in [-0.3, -0.25) is 4.79 Å². The quantitative estimate of drug-likeness (QED) is 0.624. The predicted molar refractivity (Wildman–Crippen MR) is 60.9 cm³/mol. The van der Waals surface area contributed by atoms with Gasteiger partial charge in [0.2, 0.25) is 0 Å². The van der Waals surface area contributed by atoms with Gasteiger partial charge in [-0.05, 0) is 24.0 Å². The van der Waals surface area contributed by atoms with Crippen molar-refractivity contribution in [3.63, 3.8) is 0 Å². The first-order valence-corrected chi connectivity index (χ1v) is 6.01. The second-order valence-electron chi connectivity index (χ2n) is 3.86. The lowest BCUT2D eigenvalue weighted by Gasteiger charge is -2.20. The van der Waals surface area contributed by atoms with Crippen molar-refractivity contribution in [3.05, 3.63) is 11.1 Å². The fourth-order valence-corrected chi connectivity index (χ4v) is 3.02. The van der Waals surface area contributed by atoms with Crippen molar-refractivity contribution in [1.29, 1.82) is 0 Å². The third-order valence-electron chi connectivity index (χ3n) is 2.72. The van der Waals surface area contributed by atoms with Crippen molar-refractivity contribution in [2.45, 2.75) is 26.9 Å². The third-order valence-corrected chi connectivity index (χ3v) is 3.55. The molecule has 1 aliphatic carbocycles. The summed E-state index contributed by atoms with van der Waals surface area (Å²) >= 11 is 2.25. The summed E-state index contributed by atoms with van der Waals surface area (Å²) in [6.07, 6.45) is -0.787. The van der Waals surface area contributed by atoms with Gasteiger partial charge in [0.05, 0.1) is 0 Å². The Morgan fingerprint density at radius 3 is 2.38 bits per heavy atom. The Kier molecular flexibility index (Phi) is 3.51. The molecule has 0 aromatic carbocycles. The number of alkyl halides is 1. The van der Waals surface area contributed by atoms with Crippen LogP contribution < -0.4 is 0 Å². The third kappa shape index (κ3) is 1.81. The van der Waals surface area contributed by atoms with Gasteiger partial charge in [-0.1, -0.05) is 36.4 Å². The molecule has 2 nitrogen and oxygen atoms in total. The standard InChI is InChI=1S/C10H15IO2/c1-5(2)8-7(4-11)6(3)9(12)10(8)13/h5,8,10,13H,4H2,1-3H3/t8-,10+/m0/s1. The summed E-state index contributed by atoms with van der Waals surface area (Å²) in [6, 6.07) is 0. The van der Waals surface area contributed by atoms with Gasteiger partial charge in [-0.25, -0.2) is 0 Å². The van der Waals surface area contributed by atoms with Crippen LogP contribution in [0.1, 0.15) is 20.8 Å². The summed E-state index contributed by atoms with van der Waals surface area (Å²) in [5.74, 6) is 0.302. The highest BCUT2D eigenvalue weighted by Crippen LogP contribution is 2.35. The van der Waals surface area contributed by atoms with Gasteiger partial charge in [0, 0.05) is 10.3 Å². The maximum atomic E-state index is 11.5. The van der Waals surface area contributed by atoms with Crippen molar-refractivity contribution < 1.29 is 9.90 Å². The van der Waals surface area contributed by atoms with E-state index in [2.05, 4.69) is 22.6 Å². The molecule has 1 aliphatic rings. The van der Waals surface area contributed by atoms with Crippen LogP contribution in [0.25, 0.3) is 0 Å². The van der Waals surface area contributed by atoms with E-state index in [4.69, 9.17) is 0 Å². The molecule has 74 valence electrons. The Morgan fingerprint density at radius 1 is 1.54 bits per heavy atom. The number of halogens is 1. The van der Waals surface area contributed by atoms with Gasteiger partial charge in [-0.15, -0.1) is 0 Å². The lowest BCUT2D eigenvalue weighted by atomic mass is 9.88. The average molecular weight is 294 g/mol. The van der Waals surface area contributed by atoms with Crippen LogP contribution in [0.2, 0.25) is 0 Å². The minimum Gasteiger partial charge on any atom is -0.384 e. The molecule has 0 bridgehead atoms. The predicted octanol–water partition coefficient (Wildman–Crippen LogP) is 1.95. The van der Waals surface area contributed by atoms with Gasteiger partial charge >= 0.3 is 0 Å². The van der Waals surface area contributed by atoms with E-state index in [1.54, 1.807) is 0 Å². The fourth-order valence-electron chi connectivity index (χ4n) is 1.94. The minimum absolute atomic E-state index is 0.0457. The Hall–Kier alpha value is 0.100. The molecule has 0 fully saturated rings. The molecule has 0 aromatic heterocycles. The van der Waals surface area contributed by atoms with Crippen molar-refractivity contribution in [2.75, 3.05) is 4.43 Å². The number of aliphatic hydroxyl groups excluding tert-OH is 1. The molecule has 1 N–H and O–H groups in total. The van der Waals surface area contributed by atoms with E-state index < -0.39 is 6.10 Å². The molecule has 13 heavy (non-hydrogen) atoms. The minimum atomic E-state index is -0.787. The van der Waals surface area contributed by atoms with Gasteiger partial charge in [0.25, 0.3) is 0 Å². The van der Waals surface area contributed by atoms with E-state index in [0.29, 0.717) is 5.92 Å². The lowest BCUT2D eigenvalue weighted by Crippen LogP contribution is -2.27.